The highest BCUT2D eigenvalue weighted by Gasteiger charge is 2.17. The number of benzene rings is 1. The molecule has 2 aromatic rings. The van der Waals surface area contributed by atoms with Crippen molar-refractivity contribution in [3.05, 3.63) is 23.9 Å². The Morgan fingerprint density at radius 1 is 1.42 bits per heavy atom. The van der Waals surface area contributed by atoms with Crippen LogP contribution < -0.4 is 10.1 Å². The van der Waals surface area contributed by atoms with E-state index in [2.05, 4.69) is 36.3 Å². The third kappa shape index (κ3) is 3.05. The Balaban J connectivity index is 2.27. The molecule has 0 unspecified atom stereocenters. The zero-order valence-corrected chi connectivity index (χ0v) is 11.8. The lowest BCUT2D eigenvalue weighted by atomic mass is 10.0. The molecular formula is C14H21N3O2. The predicted octanol–water partition coefficient (Wildman–Crippen LogP) is 1.99. The van der Waals surface area contributed by atoms with Gasteiger partial charge in [-0.3, -0.25) is 5.10 Å². The van der Waals surface area contributed by atoms with Crippen LogP contribution in [0.5, 0.6) is 5.75 Å². The number of hydrogen-bond donors (Lipinski definition) is 3. The molecule has 0 saturated heterocycles. The molecule has 0 fully saturated rings. The topological polar surface area (TPSA) is 70.2 Å². The van der Waals surface area contributed by atoms with Crippen LogP contribution in [0.1, 0.15) is 32.4 Å². The molecule has 0 spiro atoms. The number of ether oxygens (including phenoxy) is 1. The van der Waals surface area contributed by atoms with E-state index in [1.54, 1.807) is 13.3 Å². The molecular weight excluding hydrogens is 242 g/mol. The number of nitrogens with zero attached hydrogens (tertiary/aromatic N) is 1. The van der Waals surface area contributed by atoms with Crippen molar-refractivity contribution < 1.29 is 9.84 Å². The van der Waals surface area contributed by atoms with Gasteiger partial charge in [-0.15, -0.1) is 0 Å². The third-order valence-corrected chi connectivity index (χ3v) is 3.02. The van der Waals surface area contributed by atoms with Gasteiger partial charge in [0.15, 0.2) is 0 Å². The number of β-amino-alcohol motifs (C(OH)–C–C–N with tert-alkyl or cyclic N) is 1. The van der Waals surface area contributed by atoms with E-state index < -0.39 is 6.10 Å². The van der Waals surface area contributed by atoms with Gasteiger partial charge >= 0.3 is 0 Å². The summed E-state index contributed by atoms with van der Waals surface area (Å²) in [6.45, 7) is 6.71. The minimum Gasteiger partial charge on any atom is -0.494 e. The van der Waals surface area contributed by atoms with Crippen LogP contribution in [0.4, 0.5) is 0 Å². The number of nitrogens with one attached hydrogen (secondary N) is 2. The molecule has 0 bridgehead atoms. The fraction of sp³-hybridized carbons (Fsp3) is 0.500. The monoisotopic (exact) mass is 263 g/mol. The van der Waals surface area contributed by atoms with Crippen LogP contribution >= 0.6 is 0 Å². The average Bonchev–Trinajstić information content (AvgIpc) is 2.83. The number of hydrogen-bond acceptors (Lipinski definition) is 4. The lowest BCUT2D eigenvalue weighted by molar-refractivity contribution is 0.164. The van der Waals surface area contributed by atoms with Gasteiger partial charge in [0.1, 0.15) is 11.3 Å². The number of rotatable bonds is 4. The van der Waals surface area contributed by atoms with Gasteiger partial charge in [0.25, 0.3) is 0 Å². The summed E-state index contributed by atoms with van der Waals surface area (Å²) in [5.74, 6) is 0.729. The van der Waals surface area contributed by atoms with Crippen molar-refractivity contribution in [3.8, 4) is 5.75 Å². The summed E-state index contributed by atoms with van der Waals surface area (Å²) in [6.07, 6.45) is 1.14. The standard InChI is InChI=1S/C14H21N3O2/c1-14(2,3)15-8-11(18)9-5-6-12(19-4)13-10(9)7-16-17-13/h5-7,11,15,18H,8H2,1-4H3,(H,16,17)/t11-/m0/s1. The maximum Gasteiger partial charge on any atom is 0.144 e. The Kier molecular flexibility index (Phi) is 3.78. The molecule has 5 nitrogen and oxygen atoms in total. The highest BCUT2D eigenvalue weighted by Crippen LogP contribution is 2.29. The van der Waals surface area contributed by atoms with Gasteiger partial charge in [-0.05, 0) is 32.4 Å². The van der Waals surface area contributed by atoms with Crippen LogP contribution in [0.3, 0.4) is 0 Å². The quantitative estimate of drug-likeness (QED) is 0.789. The van der Waals surface area contributed by atoms with E-state index in [0.717, 1.165) is 22.2 Å². The van der Waals surface area contributed by atoms with E-state index in [4.69, 9.17) is 4.74 Å². The minimum absolute atomic E-state index is 0.0248. The molecule has 2 rings (SSSR count). The van der Waals surface area contributed by atoms with Gasteiger partial charge in [-0.2, -0.15) is 5.10 Å². The number of methoxy groups -OCH3 is 1. The minimum atomic E-state index is -0.578. The molecule has 1 aromatic heterocycles. The van der Waals surface area contributed by atoms with Crippen molar-refractivity contribution in [1.29, 1.82) is 0 Å². The van der Waals surface area contributed by atoms with Crippen LogP contribution in [0, 0.1) is 0 Å². The average molecular weight is 263 g/mol. The molecule has 3 N–H and O–H groups in total. The number of H-pyrrole nitrogens is 1. The van der Waals surface area contributed by atoms with Crippen molar-refractivity contribution >= 4 is 10.9 Å². The van der Waals surface area contributed by atoms with Crippen molar-refractivity contribution in [2.75, 3.05) is 13.7 Å². The fourth-order valence-electron chi connectivity index (χ4n) is 2.00. The molecule has 1 aromatic carbocycles. The molecule has 104 valence electrons. The second kappa shape index (κ2) is 5.19. The molecule has 1 heterocycles. The number of fused-ring (bicyclic) bond motifs is 1. The molecule has 0 aliphatic rings. The van der Waals surface area contributed by atoms with E-state index in [-0.39, 0.29) is 5.54 Å². The zero-order valence-electron chi connectivity index (χ0n) is 11.8. The van der Waals surface area contributed by atoms with Crippen molar-refractivity contribution in [2.24, 2.45) is 0 Å². The third-order valence-electron chi connectivity index (χ3n) is 3.02. The molecule has 5 heteroatoms. The largest absolute Gasteiger partial charge is 0.494 e. The van der Waals surface area contributed by atoms with Crippen LogP contribution in [0.25, 0.3) is 10.9 Å². The first-order valence-electron chi connectivity index (χ1n) is 6.35. The number of aromatic amines is 1. The smallest absolute Gasteiger partial charge is 0.144 e. The maximum absolute atomic E-state index is 10.3. The Hall–Kier alpha value is -1.59. The highest BCUT2D eigenvalue weighted by atomic mass is 16.5. The second-order valence-corrected chi connectivity index (χ2v) is 5.66. The Bertz CT molecular complexity index is 557. The van der Waals surface area contributed by atoms with E-state index in [1.807, 2.05) is 12.1 Å². The first-order chi connectivity index (χ1) is 8.92. The normalized spacial score (nSPS) is 13.7. The van der Waals surface area contributed by atoms with Crippen LogP contribution in [0.15, 0.2) is 18.3 Å². The fourth-order valence-corrected chi connectivity index (χ4v) is 2.00. The predicted molar refractivity (Wildman–Crippen MR) is 75.4 cm³/mol. The van der Waals surface area contributed by atoms with Gasteiger partial charge in [0, 0.05) is 17.5 Å². The maximum atomic E-state index is 10.3. The number of aliphatic hydroxyl groups excluding tert-OH is 1. The molecule has 0 aliphatic carbocycles. The van der Waals surface area contributed by atoms with Crippen LogP contribution in [0.2, 0.25) is 0 Å². The summed E-state index contributed by atoms with van der Waals surface area (Å²) in [6, 6.07) is 3.72. The summed E-state index contributed by atoms with van der Waals surface area (Å²) < 4.78 is 5.27. The van der Waals surface area contributed by atoms with Gasteiger partial charge in [0.05, 0.1) is 19.4 Å². The van der Waals surface area contributed by atoms with Gasteiger partial charge in [-0.25, -0.2) is 0 Å². The summed E-state index contributed by atoms with van der Waals surface area (Å²) in [7, 11) is 1.62. The van der Waals surface area contributed by atoms with E-state index >= 15 is 0 Å². The van der Waals surface area contributed by atoms with Crippen LogP contribution in [-0.4, -0.2) is 34.5 Å². The summed E-state index contributed by atoms with van der Waals surface area (Å²) in [5.41, 5.74) is 1.64. The van der Waals surface area contributed by atoms with Gasteiger partial charge < -0.3 is 15.2 Å². The summed E-state index contributed by atoms with van der Waals surface area (Å²) in [4.78, 5) is 0. The SMILES string of the molecule is COc1ccc([C@@H](O)CNC(C)(C)C)c2cn[nH]c12. The number of aromatic nitrogens is 2. The molecule has 0 amide bonds. The summed E-state index contributed by atoms with van der Waals surface area (Å²) in [5, 5.41) is 21.4. The Morgan fingerprint density at radius 2 is 2.16 bits per heavy atom. The molecule has 0 radical (unpaired) electrons. The summed E-state index contributed by atoms with van der Waals surface area (Å²) >= 11 is 0. The molecule has 19 heavy (non-hydrogen) atoms. The van der Waals surface area contributed by atoms with E-state index in [1.165, 1.54) is 0 Å². The lowest BCUT2D eigenvalue weighted by Gasteiger charge is -2.23. The van der Waals surface area contributed by atoms with E-state index in [0.29, 0.717) is 6.54 Å². The van der Waals surface area contributed by atoms with Crippen LogP contribution in [-0.2, 0) is 0 Å². The first kappa shape index (κ1) is 13.8. The Labute approximate surface area is 113 Å². The highest BCUT2D eigenvalue weighted by molar-refractivity contribution is 5.87. The van der Waals surface area contributed by atoms with Crippen molar-refractivity contribution in [3.63, 3.8) is 0 Å². The number of aliphatic hydroxyl groups is 1. The second-order valence-electron chi connectivity index (χ2n) is 5.66. The molecule has 1 atom stereocenters. The zero-order chi connectivity index (χ0) is 14.0. The van der Waals surface area contributed by atoms with Crippen molar-refractivity contribution in [2.45, 2.75) is 32.4 Å². The van der Waals surface area contributed by atoms with Crippen molar-refractivity contribution in [1.82, 2.24) is 15.5 Å². The van der Waals surface area contributed by atoms with Gasteiger partial charge in [0.2, 0.25) is 0 Å². The Morgan fingerprint density at radius 3 is 2.79 bits per heavy atom. The first-order valence-corrected chi connectivity index (χ1v) is 6.35. The van der Waals surface area contributed by atoms with Gasteiger partial charge in [-0.1, -0.05) is 6.07 Å². The lowest BCUT2D eigenvalue weighted by Crippen LogP contribution is -2.38. The molecule has 0 aliphatic heterocycles. The molecule has 0 saturated carbocycles. The van der Waals surface area contributed by atoms with E-state index in [9.17, 15) is 5.11 Å².